The molecule has 0 saturated heterocycles. The fraction of sp³-hybridized carbons (Fsp3) is 0.357. The highest BCUT2D eigenvalue weighted by Gasteiger charge is 2.27. The first kappa shape index (κ1) is 14.5. The first-order valence-corrected chi connectivity index (χ1v) is 7.25. The number of hydrogen-bond acceptors (Lipinski definition) is 3. The maximum atomic E-state index is 12.3. The minimum absolute atomic E-state index is 0.207. The van der Waals surface area contributed by atoms with Crippen molar-refractivity contribution in [1.29, 1.82) is 5.26 Å². The molecule has 96 valence electrons. The van der Waals surface area contributed by atoms with Gasteiger partial charge in [0.25, 0.3) is 0 Å². The molecule has 0 heterocycles. The summed E-state index contributed by atoms with van der Waals surface area (Å²) in [5, 5.41) is 8.08. The van der Waals surface area contributed by atoms with Gasteiger partial charge in [0.1, 0.15) is 0 Å². The van der Waals surface area contributed by atoms with Gasteiger partial charge >= 0.3 is 0 Å². The zero-order valence-electron chi connectivity index (χ0n) is 10.8. The largest absolute Gasteiger partial charge is 0.222 e. The Morgan fingerprint density at radius 2 is 1.78 bits per heavy atom. The SMILES string of the molecule is CC(C)=C(C)CC(C#N)S(=O)(=O)c1ccccc1. The van der Waals surface area contributed by atoms with Crippen LogP contribution in [-0.2, 0) is 9.84 Å². The third-order valence-corrected chi connectivity index (χ3v) is 4.89. The van der Waals surface area contributed by atoms with E-state index in [4.69, 9.17) is 5.26 Å². The number of rotatable bonds is 4. The van der Waals surface area contributed by atoms with Crippen LogP contribution in [0.15, 0.2) is 46.4 Å². The van der Waals surface area contributed by atoms with Crippen LogP contribution < -0.4 is 0 Å². The minimum atomic E-state index is -3.57. The molecule has 0 N–H and O–H groups in total. The molecular weight excluding hydrogens is 246 g/mol. The van der Waals surface area contributed by atoms with Crippen LogP contribution in [0, 0.1) is 11.3 Å². The predicted molar refractivity (Wildman–Crippen MR) is 71.7 cm³/mol. The fourth-order valence-corrected chi connectivity index (χ4v) is 2.95. The third-order valence-electron chi connectivity index (χ3n) is 2.94. The van der Waals surface area contributed by atoms with Crippen LogP contribution in [0.5, 0.6) is 0 Å². The Bertz CT molecular complexity index is 576. The van der Waals surface area contributed by atoms with Crippen molar-refractivity contribution in [3.05, 3.63) is 41.5 Å². The van der Waals surface area contributed by atoms with Gasteiger partial charge in [0, 0.05) is 0 Å². The van der Waals surface area contributed by atoms with Gasteiger partial charge in [-0.15, -0.1) is 0 Å². The van der Waals surface area contributed by atoms with Crippen molar-refractivity contribution < 1.29 is 8.42 Å². The Balaban J connectivity index is 3.12. The van der Waals surface area contributed by atoms with E-state index in [-0.39, 0.29) is 11.3 Å². The molecule has 0 amide bonds. The Morgan fingerprint density at radius 1 is 1.22 bits per heavy atom. The van der Waals surface area contributed by atoms with Crippen LogP contribution in [0.3, 0.4) is 0 Å². The molecule has 1 unspecified atom stereocenters. The van der Waals surface area contributed by atoms with Gasteiger partial charge in [0.2, 0.25) is 0 Å². The molecule has 1 aromatic rings. The molecule has 1 rings (SSSR count). The molecule has 4 heteroatoms. The Hall–Kier alpha value is -1.60. The quantitative estimate of drug-likeness (QED) is 0.784. The summed E-state index contributed by atoms with van der Waals surface area (Å²) in [6.45, 7) is 5.69. The van der Waals surface area contributed by atoms with Gasteiger partial charge in [0.15, 0.2) is 15.1 Å². The van der Waals surface area contributed by atoms with Crippen molar-refractivity contribution in [2.24, 2.45) is 0 Å². The average molecular weight is 263 g/mol. The number of benzene rings is 1. The van der Waals surface area contributed by atoms with Crippen molar-refractivity contribution in [2.45, 2.75) is 37.3 Å². The van der Waals surface area contributed by atoms with Crippen LogP contribution in [0.2, 0.25) is 0 Å². The van der Waals surface area contributed by atoms with E-state index >= 15 is 0 Å². The highest BCUT2D eigenvalue weighted by atomic mass is 32.2. The summed E-state index contributed by atoms with van der Waals surface area (Å²) in [5.74, 6) is 0. The summed E-state index contributed by atoms with van der Waals surface area (Å²) in [7, 11) is -3.57. The molecule has 0 fully saturated rings. The summed E-state index contributed by atoms with van der Waals surface area (Å²) in [4.78, 5) is 0.207. The third kappa shape index (κ3) is 3.21. The maximum absolute atomic E-state index is 12.3. The van der Waals surface area contributed by atoms with Crippen molar-refractivity contribution in [2.75, 3.05) is 0 Å². The summed E-state index contributed by atoms with van der Waals surface area (Å²) >= 11 is 0. The van der Waals surface area contributed by atoms with Crippen LogP contribution in [-0.4, -0.2) is 13.7 Å². The fourth-order valence-electron chi connectivity index (χ4n) is 1.48. The lowest BCUT2D eigenvalue weighted by Gasteiger charge is -2.12. The number of nitrogens with zero attached hydrogens (tertiary/aromatic N) is 1. The summed E-state index contributed by atoms with van der Waals surface area (Å²) < 4.78 is 24.6. The average Bonchev–Trinajstić information content (AvgIpc) is 2.36. The monoisotopic (exact) mass is 263 g/mol. The van der Waals surface area contributed by atoms with E-state index in [2.05, 4.69) is 0 Å². The Morgan fingerprint density at radius 3 is 2.22 bits per heavy atom. The van der Waals surface area contributed by atoms with Crippen molar-refractivity contribution in [3.8, 4) is 6.07 Å². The molecule has 1 atom stereocenters. The molecule has 0 bridgehead atoms. The van der Waals surface area contributed by atoms with Gasteiger partial charge in [-0.3, -0.25) is 0 Å². The van der Waals surface area contributed by atoms with E-state index in [1.807, 2.05) is 26.8 Å². The second-order valence-corrected chi connectivity index (χ2v) is 6.59. The standard InChI is InChI=1S/C14H17NO2S/c1-11(2)12(3)9-14(10-15)18(16,17)13-7-5-4-6-8-13/h4-8,14H,9H2,1-3H3. The van der Waals surface area contributed by atoms with Gasteiger partial charge in [0.05, 0.1) is 11.0 Å². The molecule has 3 nitrogen and oxygen atoms in total. The lowest BCUT2D eigenvalue weighted by Crippen LogP contribution is -2.20. The lowest BCUT2D eigenvalue weighted by molar-refractivity contribution is 0.588. The molecule has 18 heavy (non-hydrogen) atoms. The molecule has 0 radical (unpaired) electrons. The van der Waals surface area contributed by atoms with Crippen LogP contribution >= 0.6 is 0 Å². The van der Waals surface area contributed by atoms with E-state index in [9.17, 15) is 8.42 Å². The second kappa shape index (κ2) is 5.83. The smallest absolute Gasteiger partial charge is 0.194 e. The molecule has 1 aromatic carbocycles. The second-order valence-electron chi connectivity index (χ2n) is 4.46. The van der Waals surface area contributed by atoms with Crippen LogP contribution in [0.4, 0.5) is 0 Å². The lowest BCUT2D eigenvalue weighted by atomic mass is 10.1. The molecule has 0 saturated carbocycles. The van der Waals surface area contributed by atoms with E-state index in [0.717, 1.165) is 11.1 Å². The first-order chi connectivity index (χ1) is 8.39. The topological polar surface area (TPSA) is 57.9 Å². The van der Waals surface area contributed by atoms with E-state index in [0.29, 0.717) is 0 Å². The van der Waals surface area contributed by atoms with Gasteiger partial charge in [-0.05, 0) is 39.3 Å². The number of allylic oxidation sites excluding steroid dienone is 2. The molecule has 0 aliphatic rings. The number of hydrogen-bond donors (Lipinski definition) is 0. The summed E-state index contributed by atoms with van der Waals surface area (Å²) in [5.41, 5.74) is 2.00. The highest BCUT2D eigenvalue weighted by molar-refractivity contribution is 7.92. The van der Waals surface area contributed by atoms with E-state index < -0.39 is 15.1 Å². The molecular formula is C14H17NO2S. The number of nitriles is 1. The zero-order chi connectivity index (χ0) is 13.8. The highest BCUT2D eigenvalue weighted by Crippen LogP contribution is 2.21. The Kier molecular flexibility index (Phi) is 4.69. The normalized spacial score (nSPS) is 12.6. The van der Waals surface area contributed by atoms with E-state index in [1.165, 1.54) is 12.1 Å². The first-order valence-electron chi connectivity index (χ1n) is 5.71. The van der Waals surface area contributed by atoms with Gasteiger partial charge in [-0.1, -0.05) is 29.3 Å². The van der Waals surface area contributed by atoms with Crippen molar-refractivity contribution in [3.63, 3.8) is 0 Å². The summed E-state index contributed by atoms with van der Waals surface area (Å²) in [6, 6.07) is 10.0. The van der Waals surface area contributed by atoms with Gasteiger partial charge < -0.3 is 0 Å². The van der Waals surface area contributed by atoms with Gasteiger partial charge in [-0.2, -0.15) is 5.26 Å². The van der Waals surface area contributed by atoms with Crippen LogP contribution in [0.1, 0.15) is 27.2 Å². The minimum Gasteiger partial charge on any atom is -0.222 e. The van der Waals surface area contributed by atoms with Gasteiger partial charge in [-0.25, -0.2) is 8.42 Å². The number of sulfone groups is 1. The zero-order valence-corrected chi connectivity index (χ0v) is 11.7. The molecule has 0 aromatic heterocycles. The Labute approximate surface area is 109 Å². The molecule has 0 aliphatic heterocycles. The van der Waals surface area contributed by atoms with Crippen molar-refractivity contribution in [1.82, 2.24) is 0 Å². The maximum Gasteiger partial charge on any atom is 0.194 e. The molecule has 0 aliphatic carbocycles. The molecule has 0 spiro atoms. The van der Waals surface area contributed by atoms with E-state index in [1.54, 1.807) is 18.2 Å². The van der Waals surface area contributed by atoms with Crippen LogP contribution in [0.25, 0.3) is 0 Å². The predicted octanol–water partition coefficient (Wildman–Crippen LogP) is 3.10. The summed E-state index contributed by atoms with van der Waals surface area (Å²) in [6.07, 6.45) is 0.260. The van der Waals surface area contributed by atoms with Crippen molar-refractivity contribution >= 4 is 9.84 Å².